The highest BCUT2D eigenvalue weighted by atomic mass is 15.3. The highest BCUT2D eigenvalue weighted by molar-refractivity contribution is 5.49. The number of nitrogen functional groups attached to an aromatic ring is 1. The Morgan fingerprint density at radius 3 is 2.33 bits per heavy atom. The third-order valence-corrected chi connectivity index (χ3v) is 5.31. The van der Waals surface area contributed by atoms with E-state index >= 15 is 0 Å². The molecule has 1 aromatic heterocycles. The first-order valence-electron chi connectivity index (χ1n) is 9.02. The van der Waals surface area contributed by atoms with E-state index in [0.717, 1.165) is 17.2 Å². The molecule has 0 aliphatic heterocycles. The van der Waals surface area contributed by atoms with Crippen LogP contribution in [-0.4, -0.2) is 16.0 Å². The summed E-state index contributed by atoms with van der Waals surface area (Å²) in [5.41, 5.74) is 9.40. The predicted molar refractivity (Wildman–Crippen MR) is 100 cm³/mol. The summed E-state index contributed by atoms with van der Waals surface area (Å²) in [6.45, 7) is 6.25. The van der Waals surface area contributed by atoms with Crippen molar-refractivity contribution in [3.05, 3.63) is 47.2 Å². The molecule has 1 saturated carbocycles. The number of aryl methyl sites for hydroxylation is 1. The fourth-order valence-corrected chi connectivity index (χ4v) is 3.66. The summed E-state index contributed by atoms with van der Waals surface area (Å²) < 4.78 is 0. The van der Waals surface area contributed by atoms with Gasteiger partial charge in [0.15, 0.2) is 0 Å². The molecule has 24 heavy (non-hydrogen) atoms. The number of nitrogens with zero attached hydrogens (tertiary/aromatic N) is 3. The number of benzene rings is 1. The van der Waals surface area contributed by atoms with E-state index in [1.807, 2.05) is 13.8 Å². The van der Waals surface area contributed by atoms with Crippen LogP contribution < -0.4 is 10.6 Å². The number of aromatic nitrogens is 2. The van der Waals surface area contributed by atoms with E-state index in [4.69, 9.17) is 10.7 Å². The van der Waals surface area contributed by atoms with Crippen LogP contribution in [-0.2, 0) is 0 Å². The van der Waals surface area contributed by atoms with E-state index in [1.54, 1.807) is 0 Å². The second-order valence-electron chi connectivity index (χ2n) is 6.91. The van der Waals surface area contributed by atoms with E-state index in [9.17, 15) is 0 Å². The van der Waals surface area contributed by atoms with Crippen LogP contribution in [0, 0.1) is 13.8 Å². The summed E-state index contributed by atoms with van der Waals surface area (Å²) in [5.74, 6) is 1.37. The Morgan fingerprint density at radius 1 is 1.04 bits per heavy atom. The predicted octanol–water partition coefficient (Wildman–Crippen LogP) is 4.58. The topological polar surface area (TPSA) is 55.0 Å². The molecule has 0 radical (unpaired) electrons. The molecule has 0 saturated heterocycles. The second-order valence-corrected chi connectivity index (χ2v) is 6.91. The van der Waals surface area contributed by atoms with Crippen LogP contribution in [0.25, 0.3) is 0 Å². The van der Waals surface area contributed by atoms with Crippen molar-refractivity contribution < 1.29 is 0 Å². The number of nitrogens with two attached hydrogens (primary N) is 1. The molecule has 128 valence electrons. The minimum absolute atomic E-state index is 0.232. The van der Waals surface area contributed by atoms with Crippen LogP contribution in [0.3, 0.4) is 0 Å². The maximum atomic E-state index is 6.15. The normalized spacial score (nSPS) is 16.8. The summed E-state index contributed by atoms with van der Waals surface area (Å²) in [6, 6.07) is 11.3. The van der Waals surface area contributed by atoms with Crippen molar-refractivity contribution in [3.8, 4) is 0 Å². The highest BCUT2D eigenvalue weighted by Crippen LogP contribution is 2.33. The lowest BCUT2D eigenvalue weighted by atomic mass is 9.92. The van der Waals surface area contributed by atoms with Crippen molar-refractivity contribution in [2.75, 3.05) is 10.6 Å². The van der Waals surface area contributed by atoms with Crippen molar-refractivity contribution in [2.45, 2.75) is 65.0 Å². The minimum atomic E-state index is 0.232. The van der Waals surface area contributed by atoms with Gasteiger partial charge < -0.3 is 10.6 Å². The van der Waals surface area contributed by atoms with E-state index in [2.05, 4.69) is 47.1 Å². The molecule has 4 heteroatoms. The average molecular weight is 324 g/mol. The Morgan fingerprint density at radius 2 is 1.71 bits per heavy atom. The highest BCUT2D eigenvalue weighted by Gasteiger charge is 2.29. The van der Waals surface area contributed by atoms with Gasteiger partial charge in [-0.25, -0.2) is 4.98 Å². The Labute approximate surface area is 145 Å². The van der Waals surface area contributed by atoms with Crippen LogP contribution in [0.5, 0.6) is 0 Å². The Kier molecular flexibility index (Phi) is 5.03. The van der Waals surface area contributed by atoms with Gasteiger partial charge in [0.1, 0.15) is 5.82 Å². The van der Waals surface area contributed by atoms with Crippen LogP contribution >= 0.6 is 0 Å². The Bertz CT molecular complexity index is 654. The fraction of sp³-hybridized carbons (Fsp3) is 0.500. The minimum Gasteiger partial charge on any atom is -0.383 e. The first-order chi connectivity index (χ1) is 11.6. The largest absolute Gasteiger partial charge is 0.383 e. The standard InChI is InChI=1S/C20H28N4/c1-14-15(2)22-20(23-19(14)21)24(18-12-8-5-9-13-18)16(3)17-10-6-4-7-11-17/h4,6-7,10-11,16,18H,5,8-9,12-13H2,1-3H3,(H2,21,22,23)/t16-/m0/s1. The molecule has 1 fully saturated rings. The lowest BCUT2D eigenvalue weighted by Crippen LogP contribution is -2.40. The molecular weight excluding hydrogens is 296 g/mol. The SMILES string of the molecule is Cc1nc(N(C2CCCCC2)[C@@H](C)c2ccccc2)nc(N)c1C. The molecule has 1 aromatic carbocycles. The smallest absolute Gasteiger partial charge is 0.228 e. The number of anilines is 2. The van der Waals surface area contributed by atoms with E-state index in [0.29, 0.717) is 11.9 Å². The average Bonchev–Trinajstić information content (AvgIpc) is 2.61. The molecular formula is C20H28N4. The van der Waals surface area contributed by atoms with Crippen LogP contribution in [0.1, 0.15) is 61.9 Å². The van der Waals surface area contributed by atoms with Crippen LogP contribution in [0.15, 0.2) is 30.3 Å². The molecule has 0 bridgehead atoms. The van der Waals surface area contributed by atoms with Crippen molar-refractivity contribution in [3.63, 3.8) is 0 Å². The number of hydrogen-bond acceptors (Lipinski definition) is 4. The molecule has 0 unspecified atom stereocenters. The monoisotopic (exact) mass is 324 g/mol. The second kappa shape index (κ2) is 7.20. The van der Waals surface area contributed by atoms with Gasteiger partial charge in [-0.15, -0.1) is 0 Å². The van der Waals surface area contributed by atoms with Gasteiger partial charge in [0.25, 0.3) is 0 Å². The van der Waals surface area contributed by atoms with Crippen molar-refractivity contribution in [1.82, 2.24) is 9.97 Å². The van der Waals surface area contributed by atoms with Crippen LogP contribution in [0.4, 0.5) is 11.8 Å². The summed E-state index contributed by atoms with van der Waals surface area (Å²) in [4.78, 5) is 11.8. The molecule has 3 rings (SSSR count). The maximum absolute atomic E-state index is 6.15. The van der Waals surface area contributed by atoms with Crippen molar-refractivity contribution >= 4 is 11.8 Å². The maximum Gasteiger partial charge on any atom is 0.228 e. The molecule has 0 amide bonds. The molecule has 4 nitrogen and oxygen atoms in total. The van der Waals surface area contributed by atoms with Gasteiger partial charge in [0.2, 0.25) is 5.95 Å². The molecule has 2 N–H and O–H groups in total. The van der Waals surface area contributed by atoms with E-state index in [1.165, 1.54) is 37.7 Å². The Balaban J connectivity index is 2.01. The van der Waals surface area contributed by atoms with Gasteiger partial charge in [0, 0.05) is 17.3 Å². The molecule has 1 atom stereocenters. The third-order valence-electron chi connectivity index (χ3n) is 5.31. The van der Waals surface area contributed by atoms with Crippen molar-refractivity contribution in [1.29, 1.82) is 0 Å². The first-order valence-corrected chi connectivity index (χ1v) is 9.02. The lowest BCUT2D eigenvalue weighted by molar-refractivity contribution is 0.390. The van der Waals surface area contributed by atoms with E-state index in [-0.39, 0.29) is 6.04 Å². The number of rotatable bonds is 4. The number of hydrogen-bond donors (Lipinski definition) is 1. The molecule has 1 heterocycles. The van der Waals surface area contributed by atoms with Gasteiger partial charge >= 0.3 is 0 Å². The molecule has 2 aromatic rings. The zero-order chi connectivity index (χ0) is 17.1. The van der Waals surface area contributed by atoms with Crippen LogP contribution in [0.2, 0.25) is 0 Å². The van der Waals surface area contributed by atoms with Gasteiger partial charge in [-0.3, -0.25) is 0 Å². The van der Waals surface area contributed by atoms with Gasteiger partial charge in [-0.2, -0.15) is 4.98 Å². The fourth-order valence-electron chi connectivity index (χ4n) is 3.66. The van der Waals surface area contributed by atoms with Gasteiger partial charge in [0.05, 0.1) is 6.04 Å². The van der Waals surface area contributed by atoms with E-state index < -0.39 is 0 Å². The lowest BCUT2D eigenvalue weighted by Gasteiger charge is -2.39. The van der Waals surface area contributed by atoms with Crippen molar-refractivity contribution in [2.24, 2.45) is 0 Å². The van der Waals surface area contributed by atoms with Gasteiger partial charge in [-0.05, 0) is 39.2 Å². The quantitative estimate of drug-likeness (QED) is 0.894. The zero-order valence-corrected chi connectivity index (χ0v) is 15.0. The summed E-state index contributed by atoms with van der Waals surface area (Å²) >= 11 is 0. The summed E-state index contributed by atoms with van der Waals surface area (Å²) in [5, 5.41) is 0. The summed E-state index contributed by atoms with van der Waals surface area (Å²) in [6.07, 6.45) is 6.30. The molecule has 0 spiro atoms. The molecule has 1 aliphatic rings. The van der Waals surface area contributed by atoms with Gasteiger partial charge in [-0.1, -0.05) is 49.6 Å². The Hall–Kier alpha value is -2.10. The zero-order valence-electron chi connectivity index (χ0n) is 15.0. The summed E-state index contributed by atoms with van der Waals surface area (Å²) in [7, 11) is 0. The molecule has 1 aliphatic carbocycles. The first kappa shape index (κ1) is 16.7. The third kappa shape index (κ3) is 3.37.